The molecule has 2 aliphatic rings. The number of aromatic carboxylic acids is 1. The Bertz CT molecular complexity index is 1500. The molecule has 1 aliphatic carbocycles. The summed E-state index contributed by atoms with van der Waals surface area (Å²) in [5.74, 6) is -1.89. The van der Waals surface area contributed by atoms with Gasteiger partial charge in [-0.05, 0) is 94.8 Å². The molecule has 0 saturated carbocycles. The van der Waals surface area contributed by atoms with E-state index in [2.05, 4.69) is 0 Å². The maximum atomic E-state index is 14.1. The number of fused-ring (bicyclic) bond motifs is 1. The minimum Gasteiger partial charge on any atom is -0.478 e. The van der Waals surface area contributed by atoms with Gasteiger partial charge in [-0.2, -0.15) is 26.3 Å². The normalized spacial score (nSPS) is 16.6. The van der Waals surface area contributed by atoms with Crippen molar-refractivity contribution in [2.24, 2.45) is 5.92 Å². The van der Waals surface area contributed by atoms with Gasteiger partial charge in [-0.1, -0.05) is 36.4 Å². The lowest BCUT2D eigenvalue weighted by molar-refractivity contribution is -0.141. The van der Waals surface area contributed by atoms with Crippen LogP contribution in [0.5, 0.6) is 0 Å². The van der Waals surface area contributed by atoms with Crippen molar-refractivity contribution < 1.29 is 40.6 Å². The van der Waals surface area contributed by atoms with Gasteiger partial charge in [-0.15, -0.1) is 0 Å². The van der Waals surface area contributed by atoms with Crippen LogP contribution in [-0.4, -0.2) is 41.8 Å². The molecule has 42 heavy (non-hydrogen) atoms. The van der Waals surface area contributed by atoms with Gasteiger partial charge in [0.25, 0.3) is 0 Å². The maximum Gasteiger partial charge on any atom is 0.417 e. The molecule has 0 atom stereocenters. The number of carboxylic acid groups (broad SMARTS) is 1. The molecule has 0 spiro atoms. The first kappa shape index (κ1) is 29.8. The average molecular weight is 592 g/mol. The zero-order valence-electron chi connectivity index (χ0n) is 22.5. The number of rotatable bonds is 7. The zero-order valence-corrected chi connectivity index (χ0v) is 22.5. The number of aryl methyl sites for hydroxylation is 1. The van der Waals surface area contributed by atoms with Gasteiger partial charge in [-0.25, -0.2) is 9.18 Å². The molecule has 0 radical (unpaired) electrons. The molecule has 222 valence electrons. The Morgan fingerprint density at radius 1 is 0.881 bits per heavy atom. The third kappa shape index (κ3) is 6.69. The van der Waals surface area contributed by atoms with E-state index in [9.17, 15) is 40.6 Å². The number of hydrogen-bond acceptors (Lipinski definition) is 2. The summed E-state index contributed by atoms with van der Waals surface area (Å²) in [5, 5.41) is 9.51. The predicted octanol–water partition coefficient (Wildman–Crippen LogP) is 8.26. The van der Waals surface area contributed by atoms with Crippen LogP contribution in [0.25, 0.3) is 11.1 Å². The molecule has 3 nitrogen and oxygen atoms in total. The number of allylic oxidation sites excluding steroid dienone is 1. The molecular weight excluding hydrogens is 563 g/mol. The van der Waals surface area contributed by atoms with Crippen molar-refractivity contribution in [2.45, 2.75) is 44.5 Å². The number of nitrogens with zero attached hydrogens (tertiary/aromatic N) is 1. The van der Waals surface area contributed by atoms with Crippen molar-refractivity contribution in [1.82, 2.24) is 4.90 Å². The average Bonchev–Trinajstić information content (AvgIpc) is 3.08. The Morgan fingerprint density at radius 2 is 1.57 bits per heavy atom. The van der Waals surface area contributed by atoms with E-state index in [0.29, 0.717) is 66.3 Å². The lowest BCUT2D eigenvalue weighted by atomic mass is 9.85. The number of benzene rings is 3. The third-order valence-electron chi connectivity index (χ3n) is 7.92. The molecule has 0 unspecified atom stereocenters. The highest BCUT2D eigenvalue weighted by Crippen LogP contribution is 2.44. The smallest absolute Gasteiger partial charge is 0.417 e. The largest absolute Gasteiger partial charge is 0.478 e. The van der Waals surface area contributed by atoms with Crippen molar-refractivity contribution in [3.05, 3.63) is 105 Å². The number of halogens is 7. The van der Waals surface area contributed by atoms with E-state index in [1.807, 2.05) is 24.3 Å². The van der Waals surface area contributed by atoms with Crippen LogP contribution >= 0.6 is 0 Å². The van der Waals surface area contributed by atoms with Crippen molar-refractivity contribution in [1.29, 1.82) is 0 Å². The lowest BCUT2D eigenvalue weighted by Crippen LogP contribution is -2.48. The summed E-state index contributed by atoms with van der Waals surface area (Å²) < 4.78 is 93.7. The first-order valence-electron chi connectivity index (χ1n) is 13.6. The van der Waals surface area contributed by atoms with E-state index in [0.717, 1.165) is 17.7 Å². The Kier molecular flexibility index (Phi) is 8.20. The summed E-state index contributed by atoms with van der Waals surface area (Å²) in [7, 11) is 0. The van der Waals surface area contributed by atoms with Gasteiger partial charge in [0.05, 0.1) is 17.5 Å². The zero-order chi connectivity index (χ0) is 30.2. The van der Waals surface area contributed by atoms with Gasteiger partial charge in [0, 0.05) is 19.6 Å². The highest BCUT2D eigenvalue weighted by Gasteiger charge is 2.36. The highest BCUT2D eigenvalue weighted by atomic mass is 19.4. The molecule has 1 N–H and O–H groups in total. The maximum absolute atomic E-state index is 14.1. The minimum atomic E-state index is -4.79. The monoisotopic (exact) mass is 591 g/mol. The summed E-state index contributed by atoms with van der Waals surface area (Å²) in [5.41, 5.74) is 2.73. The fourth-order valence-electron chi connectivity index (χ4n) is 5.95. The second-order valence-electron chi connectivity index (χ2n) is 11.0. The molecule has 0 amide bonds. The quantitative estimate of drug-likeness (QED) is 0.281. The fourth-order valence-corrected chi connectivity index (χ4v) is 5.95. The van der Waals surface area contributed by atoms with Crippen LogP contribution in [0.2, 0.25) is 0 Å². The second kappa shape index (κ2) is 11.6. The molecule has 1 fully saturated rings. The van der Waals surface area contributed by atoms with E-state index in [1.165, 1.54) is 6.07 Å². The van der Waals surface area contributed by atoms with E-state index in [-0.39, 0.29) is 30.0 Å². The van der Waals surface area contributed by atoms with Crippen molar-refractivity contribution in [3.63, 3.8) is 0 Å². The Labute approximate surface area is 238 Å². The van der Waals surface area contributed by atoms with Crippen molar-refractivity contribution >= 4 is 17.1 Å². The molecule has 3 aromatic carbocycles. The molecule has 0 aromatic heterocycles. The van der Waals surface area contributed by atoms with Crippen LogP contribution in [0.1, 0.15) is 63.0 Å². The molecule has 1 heterocycles. The van der Waals surface area contributed by atoms with Gasteiger partial charge in [0.2, 0.25) is 0 Å². The van der Waals surface area contributed by atoms with Crippen LogP contribution in [0.15, 0.2) is 60.7 Å². The number of carboxylic acids is 1. The van der Waals surface area contributed by atoms with Crippen molar-refractivity contribution in [2.75, 3.05) is 19.6 Å². The molecule has 0 bridgehead atoms. The summed E-state index contributed by atoms with van der Waals surface area (Å²) in [6.07, 6.45) is -7.98. The van der Waals surface area contributed by atoms with E-state index in [4.69, 9.17) is 0 Å². The molecule has 10 heteroatoms. The first-order valence-corrected chi connectivity index (χ1v) is 13.6. The highest BCUT2D eigenvalue weighted by molar-refractivity contribution is 6.01. The number of carbonyl (C=O) groups is 1. The summed E-state index contributed by atoms with van der Waals surface area (Å²) in [6.45, 7) is 1.11. The van der Waals surface area contributed by atoms with Gasteiger partial charge in [0.1, 0.15) is 5.82 Å². The second-order valence-corrected chi connectivity index (χ2v) is 11.0. The molecule has 3 aromatic rings. The SMILES string of the molecule is O=C(O)c1ccc2c(c1)CCCC(c1ccc(F)cc1C(F)(F)F)=C2c1ccc(CC2CN(CCC(F)(F)F)C2)cc1. The fraction of sp³-hybridized carbons (Fsp3) is 0.344. The summed E-state index contributed by atoms with van der Waals surface area (Å²) >= 11 is 0. The minimum absolute atomic E-state index is 0.0256. The molecule has 5 rings (SSSR count). The Balaban J connectivity index is 1.51. The molecule has 1 aliphatic heterocycles. The number of hydrogen-bond donors (Lipinski definition) is 1. The van der Waals surface area contributed by atoms with E-state index < -0.39 is 36.1 Å². The standard InChI is InChI=1S/C32H28F7NO2/c33-24-9-11-26(28(16-24)32(37,38)39)27-3-1-2-22-15-23(30(41)42)8-10-25(22)29(27)21-6-4-19(5-7-21)14-20-17-40(18-20)13-12-31(34,35)36/h4-11,15-16,20H,1-3,12-14,17-18H2,(H,41,42). The van der Waals surface area contributed by atoms with Crippen LogP contribution in [0, 0.1) is 11.7 Å². The van der Waals surface area contributed by atoms with Crippen molar-refractivity contribution in [3.8, 4) is 0 Å². The Morgan fingerprint density at radius 3 is 2.21 bits per heavy atom. The van der Waals surface area contributed by atoms with Gasteiger partial charge < -0.3 is 10.0 Å². The van der Waals surface area contributed by atoms with Crippen LogP contribution in [-0.2, 0) is 19.0 Å². The summed E-state index contributed by atoms with van der Waals surface area (Å²) in [6, 6.07) is 14.6. The molecule has 1 saturated heterocycles. The van der Waals surface area contributed by atoms with Crippen LogP contribution in [0.4, 0.5) is 30.7 Å². The van der Waals surface area contributed by atoms with E-state index >= 15 is 0 Å². The van der Waals surface area contributed by atoms with E-state index in [1.54, 1.807) is 17.0 Å². The topological polar surface area (TPSA) is 40.5 Å². The van der Waals surface area contributed by atoms with Gasteiger partial charge in [0.15, 0.2) is 0 Å². The lowest BCUT2D eigenvalue weighted by Gasteiger charge is -2.39. The van der Waals surface area contributed by atoms with Crippen LogP contribution in [0.3, 0.4) is 0 Å². The van der Waals surface area contributed by atoms with Gasteiger partial charge >= 0.3 is 18.3 Å². The first-order chi connectivity index (χ1) is 19.8. The molecular formula is C32H28F7NO2. The third-order valence-corrected chi connectivity index (χ3v) is 7.92. The number of alkyl halides is 6. The van der Waals surface area contributed by atoms with Crippen LogP contribution < -0.4 is 0 Å². The predicted molar refractivity (Wildman–Crippen MR) is 144 cm³/mol. The van der Waals surface area contributed by atoms with Gasteiger partial charge in [-0.3, -0.25) is 0 Å². The Hall–Kier alpha value is -3.66. The summed E-state index contributed by atoms with van der Waals surface area (Å²) in [4.78, 5) is 13.4. The number of likely N-dealkylation sites (tertiary alicyclic amines) is 1.